The molecule has 0 aliphatic heterocycles. The average molecular weight is 247 g/mol. The van der Waals surface area contributed by atoms with Gasteiger partial charge in [-0.2, -0.15) is 0 Å². The van der Waals surface area contributed by atoms with Gasteiger partial charge in [0.15, 0.2) is 0 Å². The van der Waals surface area contributed by atoms with Gasteiger partial charge in [0.1, 0.15) is 10.4 Å². The maximum Gasteiger partial charge on any atom is 0.217 e. The minimum absolute atomic E-state index is 0.245. The Labute approximate surface area is 84.7 Å². The minimum Gasteiger partial charge on any atom is -0.382 e. The maximum atomic E-state index is 9.59. The second kappa shape index (κ2) is 6.36. The first kappa shape index (κ1) is 11.8. The van der Waals surface area contributed by atoms with E-state index in [1.54, 1.807) is 13.1 Å². The molecule has 0 radical (unpaired) electrons. The van der Waals surface area contributed by atoms with Crippen molar-refractivity contribution >= 4 is 27.7 Å². The number of nitrogens with two attached hydrogens (primary N) is 2. The average Bonchev–Trinajstić information content (AvgIpc) is 2.11. The second-order valence-corrected chi connectivity index (χ2v) is 2.90. The van der Waals surface area contributed by atoms with Crippen molar-refractivity contribution in [2.45, 2.75) is 13.3 Å². The van der Waals surface area contributed by atoms with Gasteiger partial charge in [0, 0.05) is 6.42 Å². The number of carbonyl (C=O) groups excluding carboxylic acids is 1. The zero-order chi connectivity index (χ0) is 10.3. The van der Waals surface area contributed by atoms with Gasteiger partial charge in [0.2, 0.25) is 5.91 Å². The standard InChI is InChI=1S/C4H4BrN3.C3H7NO/c5-3-1-8-4(6)2-7-3;1-2-3(4)5/h1-2H,(H2,6,8);2H2,1H3,(H2,4,5). The molecule has 1 rings (SSSR count). The minimum atomic E-state index is -0.245. The van der Waals surface area contributed by atoms with Crippen molar-refractivity contribution in [3.8, 4) is 0 Å². The molecule has 0 saturated carbocycles. The molecule has 0 aliphatic rings. The number of rotatable bonds is 1. The molecule has 1 amide bonds. The zero-order valence-corrected chi connectivity index (χ0v) is 8.78. The van der Waals surface area contributed by atoms with Crippen LogP contribution in [0.5, 0.6) is 0 Å². The van der Waals surface area contributed by atoms with Crippen molar-refractivity contribution in [2.75, 3.05) is 5.73 Å². The monoisotopic (exact) mass is 246 g/mol. The van der Waals surface area contributed by atoms with E-state index in [-0.39, 0.29) is 5.91 Å². The third kappa shape index (κ3) is 7.20. The maximum absolute atomic E-state index is 9.59. The summed E-state index contributed by atoms with van der Waals surface area (Å²) in [7, 11) is 0. The summed E-state index contributed by atoms with van der Waals surface area (Å²) in [5, 5.41) is 0. The van der Waals surface area contributed by atoms with Crippen molar-refractivity contribution in [3.05, 3.63) is 17.0 Å². The van der Waals surface area contributed by atoms with E-state index >= 15 is 0 Å². The van der Waals surface area contributed by atoms with Gasteiger partial charge in [-0.25, -0.2) is 9.97 Å². The summed E-state index contributed by atoms with van der Waals surface area (Å²) in [4.78, 5) is 17.1. The quantitative estimate of drug-likeness (QED) is 0.763. The SMILES string of the molecule is CCC(N)=O.Nc1cnc(Br)cn1. The molecular weight excluding hydrogens is 236 g/mol. The molecule has 0 spiro atoms. The lowest BCUT2D eigenvalue weighted by Crippen LogP contribution is -2.06. The number of amides is 1. The molecule has 0 fully saturated rings. The summed E-state index contributed by atoms with van der Waals surface area (Å²) < 4.78 is 0.701. The lowest BCUT2D eigenvalue weighted by Gasteiger charge is -1.87. The first-order chi connectivity index (χ1) is 6.06. The van der Waals surface area contributed by atoms with Crippen LogP contribution in [-0.2, 0) is 4.79 Å². The van der Waals surface area contributed by atoms with Crippen LogP contribution in [0.2, 0.25) is 0 Å². The largest absolute Gasteiger partial charge is 0.382 e. The number of anilines is 1. The van der Waals surface area contributed by atoms with Crippen LogP contribution in [0.3, 0.4) is 0 Å². The van der Waals surface area contributed by atoms with Crippen LogP contribution < -0.4 is 11.5 Å². The number of carbonyl (C=O) groups is 1. The number of hydrogen-bond donors (Lipinski definition) is 2. The van der Waals surface area contributed by atoms with E-state index in [0.29, 0.717) is 16.8 Å². The van der Waals surface area contributed by atoms with Crippen LogP contribution in [0.25, 0.3) is 0 Å². The van der Waals surface area contributed by atoms with Crippen LogP contribution in [-0.4, -0.2) is 15.9 Å². The van der Waals surface area contributed by atoms with E-state index in [1.165, 1.54) is 6.20 Å². The predicted octanol–water partition coefficient (Wildman–Crippen LogP) is 0.703. The van der Waals surface area contributed by atoms with Crippen molar-refractivity contribution in [3.63, 3.8) is 0 Å². The highest BCUT2D eigenvalue weighted by atomic mass is 79.9. The molecule has 0 aromatic carbocycles. The van der Waals surface area contributed by atoms with Gasteiger partial charge >= 0.3 is 0 Å². The van der Waals surface area contributed by atoms with Gasteiger partial charge in [-0.05, 0) is 15.9 Å². The molecular formula is C7H11BrN4O. The predicted molar refractivity (Wildman–Crippen MR) is 53.6 cm³/mol. The molecule has 6 heteroatoms. The number of nitrogen functional groups attached to an aromatic ring is 1. The van der Waals surface area contributed by atoms with Gasteiger partial charge in [0.05, 0.1) is 12.4 Å². The Balaban J connectivity index is 0.000000252. The number of aromatic nitrogens is 2. The highest BCUT2D eigenvalue weighted by molar-refractivity contribution is 9.10. The van der Waals surface area contributed by atoms with Crippen molar-refractivity contribution in [2.24, 2.45) is 5.73 Å². The Hall–Kier alpha value is -1.17. The molecule has 13 heavy (non-hydrogen) atoms. The van der Waals surface area contributed by atoms with E-state index in [0.717, 1.165) is 0 Å². The van der Waals surface area contributed by atoms with E-state index in [4.69, 9.17) is 5.73 Å². The molecule has 4 N–H and O–H groups in total. The zero-order valence-electron chi connectivity index (χ0n) is 7.20. The number of hydrogen-bond acceptors (Lipinski definition) is 4. The first-order valence-corrected chi connectivity index (χ1v) is 4.37. The van der Waals surface area contributed by atoms with Crippen molar-refractivity contribution < 1.29 is 4.79 Å². The van der Waals surface area contributed by atoms with Gasteiger partial charge in [-0.1, -0.05) is 6.92 Å². The molecule has 1 aromatic heterocycles. The Kier molecular flexibility index (Phi) is 5.79. The van der Waals surface area contributed by atoms with Gasteiger partial charge in [-0.3, -0.25) is 4.79 Å². The van der Waals surface area contributed by atoms with Gasteiger partial charge < -0.3 is 11.5 Å². The Bertz CT molecular complexity index is 241. The molecule has 0 unspecified atom stereocenters. The summed E-state index contributed by atoms with van der Waals surface area (Å²) in [6, 6.07) is 0. The smallest absolute Gasteiger partial charge is 0.217 e. The molecule has 0 aliphatic carbocycles. The normalized spacial score (nSPS) is 8.46. The van der Waals surface area contributed by atoms with E-state index < -0.39 is 0 Å². The lowest BCUT2D eigenvalue weighted by atomic mass is 10.5. The Morgan fingerprint density at radius 1 is 1.54 bits per heavy atom. The van der Waals surface area contributed by atoms with Crippen LogP contribution in [0.1, 0.15) is 13.3 Å². The van der Waals surface area contributed by atoms with Crippen molar-refractivity contribution in [1.29, 1.82) is 0 Å². The number of nitrogens with zero attached hydrogens (tertiary/aromatic N) is 2. The Morgan fingerprint density at radius 2 is 2.08 bits per heavy atom. The van der Waals surface area contributed by atoms with Crippen LogP contribution in [0, 0.1) is 0 Å². The highest BCUT2D eigenvalue weighted by Gasteiger charge is 1.84. The van der Waals surface area contributed by atoms with Gasteiger partial charge in [-0.15, -0.1) is 0 Å². The third-order valence-corrected chi connectivity index (χ3v) is 1.40. The fourth-order valence-electron chi connectivity index (χ4n) is 0.322. The molecule has 1 heterocycles. The van der Waals surface area contributed by atoms with Crippen LogP contribution in [0.15, 0.2) is 17.0 Å². The summed E-state index contributed by atoms with van der Waals surface area (Å²) in [6.07, 6.45) is 3.49. The molecule has 0 atom stereocenters. The molecule has 0 saturated heterocycles. The highest BCUT2D eigenvalue weighted by Crippen LogP contribution is 2.02. The summed E-state index contributed by atoms with van der Waals surface area (Å²) in [5.41, 5.74) is 9.88. The number of halogens is 1. The van der Waals surface area contributed by atoms with Crippen molar-refractivity contribution in [1.82, 2.24) is 9.97 Å². The molecule has 1 aromatic rings. The second-order valence-electron chi connectivity index (χ2n) is 2.08. The summed E-state index contributed by atoms with van der Waals surface area (Å²) in [6.45, 7) is 1.72. The van der Waals surface area contributed by atoms with E-state index in [1.807, 2.05) is 0 Å². The van der Waals surface area contributed by atoms with Gasteiger partial charge in [0.25, 0.3) is 0 Å². The topological polar surface area (TPSA) is 94.9 Å². The summed E-state index contributed by atoms with van der Waals surface area (Å²) >= 11 is 3.12. The molecule has 5 nitrogen and oxygen atoms in total. The first-order valence-electron chi connectivity index (χ1n) is 3.57. The molecule has 0 bridgehead atoms. The molecule has 72 valence electrons. The summed E-state index contributed by atoms with van der Waals surface area (Å²) in [5.74, 6) is 0.193. The van der Waals surface area contributed by atoms with E-state index in [9.17, 15) is 4.79 Å². The van der Waals surface area contributed by atoms with Crippen LogP contribution >= 0.6 is 15.9 Å². The Morgan fingerprint density at radius 3 is 2.31 bits per heavy atom. The van der Waals surface area contributed by atoms with Crippen LogP contribution in [0.4, 0.5) is 5.82 Å². The third-order valence-electron chi connectivity index (χ3n) is 0.989. The fraction of sp³-hybridized carbons (Fsp3) is 0.286. The number of primary amides is 1. The van der Waals surface area contributed by atoms with E-state index in [2.05, 4.69) is 31.6 Å². The lowest BCUT2D eigenvalue weighted by molar-refractivity contribution is -0.117. The fourth-order valence-corrected chi connectivity index (χ4v) is 0.527.